The number of benzene rings is 2. The number of aromatic hydroxyl groups is 1. The standard InChI is InChI=1S/C7H6O2.C7H8O.Na/c8-7(9)6-4-2-1-3-5-6;1-6-3-2-4-7(8)5-6;/h1-5H,(H,8,9);2-5,8H,1H3;/q;;+1/p-1. The Labute approximate surface area is 128 Å². The molecule has 2 aromatic carbocycles. The van der Waals surface area contributed by atoms with Gasteiger partial charge in [-0.05, 0) is 30.2 Å². The van der Waals surface area contributed by atoms with Gasteiger partial charge in [0.05, 0.1) is 5.97 Å². The molecule has 1 N–H and O–H groups in total. The van der Waals surface area contributed by atoms with E-state index in [0.29, 0.717) is 5.75 Å². The van der Waals surface area contributed by atoms with E-state index in [-0.39, 0.29) is 35.1 Å². The number of rotatable bonds is 1. The Morgan fingerprint density at radius 3 is 2.00 bits per heavy atom. The predicted octanol–water partition coefficient (Wildman–Crippen LogP) is -1.25. The van der Waals surface area contributed by atoms with Crippen LogP contribution in [0.3, 0.4) is 0 Å². The second-order valence-corrected chi connectivity index (χ2v) is 3.49. The van der Waals surface area contributed by atoms with Crippen LogP contribution < -0.4 is 34.7 Å². The summed E-state index contributed by atoms with van der Waals surface area (Å²) < 4.78 is 0. The Bertz CT molecular complexity index is 466. The summed E-state index contributed by atoms with van der Waals surface area (Å²) in [4.78, 5) is 10.1. The van der Waals surface area contributed by atoms with E-state index in [4.69, 9.17) is 5.11 Å². The molecule has 4 heteroatoms. The number of phenolic OH excluding ortho intramolecular Hbond substituents is 1. The van der Waals surface area contributed by atoms with Gasteiger partial charge in [0, 0.05) is 0 Å². The van der Waals surface area contributed by atoms with Crippen LogP contribution in [0.15, 0.2) is 54.6 Å². The maximum Gasteiger partial charge on any atom is 1.00 e. The van der Waals surface area contributed by atoms with Crippen LogP contribution in [0.1, 0.15) is 15.9 Å². The van der Waals surface area contributed by atoms with Crippen LogP contribution >= 0.6 is 0 Å². The summed E-state index contributed by atoms with van der Waals surface area (Å²) in [7, 11) is 0. The maximum absolute atomic E-state index is 10.1. The number of carboxylic acid groups (broad SMARTS) is 1. The van der Waals surface area contributed by atoms with Crippen LogP contribution in [-0.4, -0.2) is 11.1 Å². The minimum atomic E-state index is -1.13. The Kier molecular flexibility index (Phi) is 8.12. The average Bonchev–Trinajstić information content (AvgIpc) is 2.30. The van der Waals surface area contributed by atoms with Gasteiger partial charge in [-0.15, -0.1) is 0 Å². The molecule has 0 aliphatic rings. The smallest absolute Gasteiger partial charge is 0.545 e. The topological polar surface area (TPSA) is 60.4 Å². The van der Waals surface area contributed by atoms with Gasteiger partial charge in [-0.3, -0.25) is 0 Å². The van der Waals surface area contributed by atoms with Crippen molar-refractivity contribution in [2.75, 3.05) is 0 Å². The van der Waals surface area contributed by atoms with Crippen LogP contribution in [0.2, 0.25) is 0 Å². The van der Waals surface area contributed by atoms with E-state index in [1.807, 2.05) is 19.1 Å². The third-order valence-corrected chi connectivity index (χ3v) is 2.01. The average molecular weight is 252 g/mol. The minimum Gasteiger partial charge on any atom is -0.545 e. The molecule has 0 bridgehead atoms. The minimum absolute atomic E-state index is 0. The van der Waals surface area contributed by atoms with E-state index in [2.05, 4.69) is 0 Å². The number of hydrogen-bond acceptors (Lipinski definition) is 3. The van der Waals surface area contributed by atoms with Gasteiger partial charge < -0.3 is 15.0 Å². The monoisotopic (exact) mass is 252 g/mol. The number of phenols is 1. The van der Waals surface area contributed by atoms with Crippen molar-refractivity contribution in [3.63, 3.8) is 0 Å². The van der Waals surface area contributed by atoms with E-state index in [9.17, 15) is 9.90 Å². The Morgan fingerprint density at radius 1 is 1.06 bits per heavy atom. The van der Waals surface area contributed by atoms with E-state index in [1.54, 1.807) is 30.3 Å². The second-order valence-electron chi connectivity index (χ2n) is 3.49. The summed E-state index contributed by atoms with van der Waals surface area (Å²) >= 11 is 0. The molecule has 0 aromatic heterocycles. The normalized spacial score (nSPS) is 8.50. The predicted molar refractivity (Wildman–Crippen MR) is 63.6 cm³/mol. The summed E-state index contributed by atoms with van der Waals surface area (Å²) in [5, 5.41) is 18.9. The van der Waals surface area contributed by atoms with Crippen molar-refractivity contribution in [1.82, 2.24) is 0 Å². The van der Waals surface area contributed by atoms with E-state index >= 15 is 0 Å². The van der Waals surface area contributed by atoms with Crippen LogP contribution in [0, 0.1) is 6.92 Å². The van der Waals surface area contributed by atoms with E-state index in [0.717, 1.165) is 5.56 Å². The summed E-state index contributed by atoms with van der Waals surface area (Å²) in [6, 6.07) is 15.2. The summed E-state index contributed by atoms with van der Waals surface area (Å²) in [5.41, 5.74) is 1.31. The molecule has 0 amide bonds. The number of hydrogen-bond donors (Lipinski definition) is 1. The summed E-state index contributed by atoms with van der Waals surface area (Å²) in [6.45, 7) is 1.94. The molecule has 3 nitrogen and oxygen atoms in total. The van der Waals surface area contributed by atoms with Crippen LogP contribution in [0.4, 0.5) is 0 Å². The number of carbonyl (C=O) groups is 1. The van der Waals surface area contributed by atoms with Gasteiger partial charge in [-0.1, -0.05) is 42.5 Å². The second kappa shape index (κ2) is 8.75. The number of aryl methyl sites for hydroxylation is 1. The van der Waals surface area contributed by atoms with Gasteiger partial charge in [0.2, 0.25) is 0 Å². The maximum atomic E-state index is 10.1. The zero-order chi connectivity index (χ0) is 12.7. The molecule has 0 fully saturated rings. The summed E-state index contributed by atoms with van der Waals surface area (Å²) in [5.74, 6) is -0.791. The van der Waals surface area contributed by atoms with Crippen LogP contribution in [-0.2, 0) is 0 Å². The van der Waals surface area contributed by atoms with Crippen LogP contribution in [0.5, 0.6) is 5.75 Å². The van der Waals surface area contributed by atoms with Gasteiger partial charge >= 0.3 is 29.6 Å². The fourth-order valence-electron chi connectivity index (χ4n) is 1.20. The van der Waals surface area contributed by atoms with Crippen molar-refractivity contribution < 1.29 is 44.6 Å². The molecule has 0 spiro atoms. The van der Waals surface area contributed by atoms with Crippen LogP contribution in [0.25, 0.3) is 0 Å². The third kappa shape index (κ3) is 6.45. The first-order valence-electron chi connectivity index (χ1n) is 5.11. The molecular formula is C14H13NaO3. The van der Waals surface area contributed by atoms with Crippen molar-refractivity contribution in [1.29, 1.82) is 0 Å². The largest absolute Gasteiger partial charge is 1.00 e. The fraction of sp³-hybridized carbons (Fsp3) is 0.0714. The molecular weight excluding hydrogens is 239 g/mol. The molecule has 0 heterocycles. The quantitative estimate of drug-likeness (QED) is 0.645. The molecule has 0 aliphatic heterocycles. The Balaban J connectivity index is 0.000000306. The van der Waals surface area contributed by atoms with Gasteiger partial charge in [0.15, 0.2) is 0 Å². The van der Waals surface area contributed by atoms with E-state index < -0.39 is 5.97 Å². The van der Waals surface area contributed by atoms with Gasteiger partial charge in [-0.2, -0.15) is 0 Å². The molecule has 0 saturated carbocycles. The van der Waals surface area contributed by atoms with Crippen molar-refractivity contribution >= 4 is 5.97 Å². The van der Waals surface area contributed by atoms with Gasteiger partial charge in [-0.25, -0.2) is 0 Å². The van der Waals surface area contributed by atoms with Gasteiger partial charge in [0.1, 0.15) is 5.75 Å². The Hall–Kier alpha value is -1.29. The molecule has 0 radical (unpaired) electrons. The molecule has 0 aliphatic carbocycles. The number of carboxylic acids is 1. The fourth-order valence-corrected chi connectivity index (χ4v) is 1.20. The molecule has 18 heavy (non-hydrogen) atoms. The Morgan fingerprint density at radius 2 is 1.67 bits per heavy atom. The van der Waals surface area contributed by atoms with Crippen molar-refractivity contribution in [3.8, 4) is 5.75 Å². The molecule has 2 rings (SSSR count). The number of aromatic carboxylic acids is 1. The van der Waals surface area contributed by atoms with E-state index in [1.165, 1.54) is 12.1 Å². The zero-order valence-electron chi connectivity index (χ0n) is 10.5. The molecule has 2 aromatic rings. The van der Waals surface area contributed by atoms with Gasteiger partial charge in [0.25, 0.3) is 0 Å². The zero-order valence-corrected chi connectivity index (χ0v) is 12.5. The van der Waals surface area contributed by atoms with Crippen molar-refractivity contribution in [3.05, 3.63) is 65.7 Å². The SMILES string of the molecule is Cc1cccc(O)c1.O=C([O-])c1ccccc1.[Na+]. The first-order chi connectivity index (χ1) is 8.09. The molecule has 0 atom stereocenters. The third-order valence-electron chi connectivity index (χ3n) is 2.01. The first kappa shape index (κ1) is 16.7. The number of carbonyl (C=O) groups excluding carboxylic acids is 1. The summed E-state index contributed by atoms with van der Waals surface area (Å²) in [6.07, 6.45) is 0. The first-order valence-corrected chi connectivity index (χ1v) is 5.11. The van der Waals surface area contributed by atoms with Crippen molar-refractivity contribution in [2.45, 2.75) is 6.92 Å². The van der Waals surface area contributed by atoms with Crippen molar-refractivity contribution in [2.24, 2.45) is 0 Å². The molecule has 88 valence electrons. The molecule has 0 saturated heterocycles. The molecule has 0 unspecified atom stereocenters.